The van der Waals surface area contributed by atoms with Crippen molar-refractivity contribution in [1.29, 1.82) is 0 Å². The summed E-state index contributed by atoms with van der Waals surface area (Å²) in [7, 11) is 0. The minimum Gasteiger partial charge on any atom is -0.412 e. The first-order valence-electron chi connectivity index (χ1n) is 1.05. The number of terminal acetylenes is 1. The molecule has 0 unspecified atom stereocenters. The van der Waals surface area contributed by atoms with Gasteiger partial charge in [-0.15, -0.1) is 6.42 Å². The van der Waals surface area contributed by atoms with Crippen LogP contribution >= 0.6 is 0 Å². The van der Waals surface area contributed by atoms with Crippen molar-refractivity contribution in [1.82, 2.24) is 0 Å². The molecule has 0 aliphatic rings. The fourth-order valence-electron chi connectivity index (χ4n) is 0. The summed E-state index contributed by atoms with van der Waals surface area (Å²) in [6.45, 7) is 0.347. The number of rotatable bonds is 0. The van der Waals surface area contributed by atoms with Crippen molar-refractivity contribution >= 4 is 0 Å². The van der Waals surface area contributed by atoms with Crippen LogP contribution in [0.15, 0.2) is 0 Å². The summed E-state index contributed by atoms with van der Waals surface area (Å²) in [5.41, 5.74) is 4.79. The first-order valence-corrected chi connectivity index (χ1v) is 1.05. The van der Waals surface area contributed by atoms with Crippen molar-refractivity contribution in [2.45, 2.75) is 0 Å². The van der Waals surface area contributed by atoms with E-state index in [0.717, 1.165) is 0 Å². The molecule has 0 bridgehead atoms. The van der Waals surface area contributed by atoms with Crippen molar-refractivity contribution in [3.05, 3.63) is 0 Å². The Morgan fingerprint density at radius 3 is 1.22 bits per heavy atom. The largest absolute Gasteiger partial charge is 0.412 e. The summed E-state index contributed by atoms with van der Waals surface area (Å²) in [5.74, 6) is 2.21. The van der Waals surface area contributed by atoms with Crippen LogP contribution in [0.1, 0.15) is 0 Å². The van der Waals surface area contributed by atoms with Crippen LogP contribution in [0, 0.1) is 12.3 Å². The zero-order valence-electron chi connectivity index (χ0n) is 4.86. The number of nitrogens with two attached hydrogens (primary N) is 1. The van der Waals surface area contributed by atoms with Gasteiger partial charge >= 0.3 is 0 Å². The first-order chi connectivity index (χ1) is 1.91. The van der Waals surface area contributed by atoms with Crippen LogP contribution in [-0.4, -0.2) is 28.4 Å². The molecule has 0 saturated carbocycles. The van der Waals surface area contributed by atoms with Gasteiger partial charge in [0.2, 0.25) is 0 Å². The maximum absolute atomic E-state index is 4.79. The van der Waals surface area contributed by atoms with E-state index in [-0.39, 0.29) is 43.6 Å². The predicted octanol–water partition coefficient (Wildman–Crippen LogP) is -3.72. The molecule has 10 N–H and O–H groups in total. The van der Waals surface area contributed by atoms with Crippen LogP contribution in [0.25, 0.3) is 0 Å². The summed E-state index contributed by atoms with van der Waals surface area (Å²) in [6, 6.07) is 0. The Balaban J connectivity index is -0.00000000450. The smallest absolute Gasteiger partial charge is 0.0548 e. The minimum absolute atomic E-state index is 0. The zero-order chi connectivity index (χ0) is 3.41. The van der Waals surface area contributed by atoms with Crippen LogP contribution in [0.5, 0.6) is 0 Å². The molecular weight excluding hydrogens is 162 g/mol. The molecule has 0 atom stereocenters. The van der Waals surface area contributed by atoms with Gasteiger partial charge in [-0.05, 0) is 0 Å². The van der Waals surface area contributed by atoms with Crippen LogP contribution in [0.3, 0.4) is 0 Å². The first kappa shape index (κ1) is 62.6. The fraction of sp³-hybridized carbons (Fsp3) is 0.333. The Kier molecular flexibility index (Phi) is 653. The molecule has 0 aromatic carbocycles. The van der Waals surface area contributed by atoms with E-state index in [4.69, 9.17) is 5.73 Å². The van der Waals surface area contributed by atoms with E-state index in [1.165, 1.54) is 0 Å². The summed E-state index contributed by atoms with van der Waals surface area (Å²) in [5, 5.41) is 0. The van der Waals surface area contributed by atoms with Gasteiger partial charge in [0.1, 0.15) is 0 Å². The SMILES string of the molecule is C#CCN.O.O.O.O.[Ti]. The van der Waals surface area contributed by atoms with Gasteiger partial charge in [-0.25, -0.2) is 0 Å². The van der Waals surface area contributed by atoms with E-state index in [1.807, 2.05) is 0 Å². The summed E-state index contributed by atoms with van der Waals surface area (Å²) < 4.78 is 0. The molecule has 0 aliphatic heterocycles. The molecule has 0 amide bonds. The third-order valence-corrected chi connectivity index (χ3v) is 0.118. The van der Waals surface area contributed by atoms with E-state index in [0.29, 0.717) is 6.54 Å². The van der Waals surface area contributed by atoms with Crippen molar-refractivity contribution < 1.29 is 43.6 Å². The van der Waals surface area contributed by atoms with Crippen molar-refractivity contribution in [2.75, 3.05) is 6.54 Å². The summed E-state index contributed by atoms with van der Waals surface area (Å²) >= 11 is 0. The Labute approximate surface area is 68.7 Å². The molecule has 0 heterocycles. The standard InChI is InChI=1S/C3H5N.4H2O.Ti/c1-2-3-4;;;;;/h1H,3-4H2;4*1H2;. The maximum atomic E-state index is 4.79. The molecule has 0 rings (SSSR count). The van der Waals surface area contributed by atoms with Gasteiger partial charge in [-0.2, -0.15) is 0 Å². The van der Waals surface area contributed by atoms with Crippen LogP contribution in [-0.2, 0) is 21.7 Å². The second-order valence-electron chi connectivity index (χ2n) is 0.408. The Morgan fingerprint density at radius 1 is 1.11 bits per heavy atom. The second kappa shape index (κ2) is 93.9. The molecular formula is C3H13NO4Ti. The topological polar surface area (TPSA) is 152 Å². The molecule has 0 aromatic heterocycles. The predicted molar refractivity (Wildman–Crippen MR) is 32.3 cm³/mol. The minimum atomic E-state index is 0. The van der Waals surface area contributed by atoms with Crippen molar-refractivity contribution in [2.24, 2.45) is 5.73 Å². The van der Waals surface area contributed by atoms with Gasteiger partial charge in [0.15, 0.2) is 0 Å². The third kappa shape index (κ3) is 258. The Hall–Kier alpha value is 0.0743. The third-order valence-electron chi connectivity index (χ3n) is 0.118. The molecule has 0 saturated heterocycles. The van der Waals surface area contributed by atoms with E-state index in [2.05, 4.69) is 12.3 Å². The Morgan fingerprint density at radius 2 is 1.22 bits per heavy atom. The molecule has 0 spiro atoms. The monoisotopic (exact) mass is 175 g/mol. The number of hydrogen-bond donors (Lipinski definition) is 1. The maximum Gasteiger partial charge on any atom is 0.0548 e. The van der Waals surface area contributed by atoms with E-state index in [1.54, 1.807) is 0 Å². The van der Waals surface area contributed by atoms with Crippen molar-refractivity contribution in [3.8, 4) is 12.3 Å². The van der Waals surface area contributed by atoms with Gasteiger partial charge < -0.3 is 27.6 Å². The van der Waals surface area contributed by atoms with Gasteiger partial charge in [-0.1, -0.05) is 5.92 Å². The summed E-state index contributed by atoms with van der Waals surface area (Å²) in [4.78, 5) is 0. The molecule has 0 fully saturated rings. The number of hydrogen-bond acceptors (Lipinski definition) is 1. The van der Waals surface area contributed by atoms with Gasteiger partial charge in [0.05, 0.1) is 6.54 Å². The average molecular weight is 175 g/mol. The normalized spacial score (nSPS) is 2.22. The summed E-state index contributed by atoms with van der Waals surface area (Å²) in [6.07, 6.45) is 4.65. The molecule has 5 nitrogen and oxygen atoms in total. The quantitative estimate of drug-likeness (QED) is 0.292. The van der Waals surface area contributed by atoms with Gasteiger partial charge in [0, 0.05) is 21.7 Å². The molecule has 6 heteroatoms. The van der Waals surface area contributed by atoms with E-state index < -0.39 is 0 Å². The molecule has 58 valence electrons. The fourth-order valence-corrected chi connectivity index (χ4v) is 0. The molecule has 9 heavy (non-hydrogen) atoms. The average Bonchev–Trinajstić information content (AvgIpc) is 1.37. The van der Waals surface area contributed by atoms with Gasteiger partial charge in [-0.3, -0.25) is 0 Å². The van der Waals surface area contributed by atoms with Crippen molar-refractivity contribution in [3.63, 3.8) is 0 Å². The van der Waals surface area contributed by atoms with Crippen LogP contribution in [0.4, 0.5) is 0 Å². The molecule has 0 aromatic rings. The van der Waals surface area contributed by atoms with Crippen LogP contribution < -0.4 is 5.73 Å². The van der Waals surface area contributed by atoms with Crippen LogP contribution in [0.2, 0.25) is 0 Å². The van der Waals surface area contributed by atoms with E-state index >= 15 is 0 Å². The van der Waals surface area contributed by atoms with E-state index in [9.17, 15) is 0 Å². The molecule has 0 aliphatic carbocycles. The zero-order valence-corrected chi connectivity index (χ0v) is 6.42. The van der Waals surface area contributed by atoms with Gasteiger partial charge in [0.25, 0.3) is 0 Å². The molecule has 0 radical (unpaired) electrons. The Bertz CT molecular complexity index is 45.6. The second-order valence-corrected chi connectivity index (χ2v) is 0.408.